The second kappa shape index (κ2) is 6.27. The second-order valence-corrected chi connectivity index (χ2v) is 5.72. The number of benzene rings is 1. The maximum Gasteiger partial charge on any atom is 0.230 e. The Hall–Kier alpha value is -1.87. The van der Waals surface area contributed by atoms with Crippen molar-refractivity contribution < 1.29 is 9.53 Å². The van der Waals surface area contributed by atoms with Gasteiger partial charge in [0.25, 0.3) is 0 Å². The van der Waals surface area contributed by atoms with Gasteiger partial charge in [0.05, 0.1) is 5.56 Å². The van der Waals surface area contributed by atoms with E-state index in [0.29, 0.717) is 17.2 Å². The second-order valence-electron chi connectivity index (χ2n) is 5.31. The number of halogens is 1. The van der Waals surface area contributed by atoms with Gasteiger partial charge in [-0.2, -0.15) is 0 Å². The average molecular weight is 304 g/mol. The lowest BCUT2D eigenvalue weighted by molar-refractivity contribution is 0.101. The van der Waals surface area contributed by atoms with Crippen molar-refractivity contribution in [2.45, 2.75) is 33.6 Å². The van der Waals surface area contributed by atoms with E-state index in [9.17, 15) is 4.79 Å². The largest absolute Gasteiger partial charge is 0.438 e. The van der Waals surface area contributed by atoms with Crippen LogP contribution in [0.1, 0.15) is 48.2 Å². The van der Waals surface area contributed by atoms with Crippen molar-refractivity contribution in [3.8, 4) is 11.6 Å². The summed E-state index contributed by atoms with van der Waals surface area (Å²) in [5.74, 6) is 1.21. The molecule has 0 bridgehead atoms. The van der Waals surface area contributed by atoms with Crippen LogP contribution < -0.4 is 4.74 Å². The number of rotatable bonds is 4. The van der Waals surface area contributed by atoms with Crippen molar-refractivity contribution in [1.82, 2.24) is 4.98 Å². The highest BCUT2D eigenvalue weighted by atomic mass is 35.5. The molecule has 0 aliphatic rings. The molecular weight excluding hydrogens is 286 g/mol. The zero-order valence-electron chi connectivity index (χ0n) is 12.6. The number of pyridine rings is 1. The van der Waals surface area contributed by atoms with Crippen molar-refractivity contribution in [1.29, 1.82) is 0 Å². The Morgan fingerprint density at radius 3 is 2.67 bits per heavy atom. The van der Waals surface area contributed by atoms with Crippen LogP contribution in [-0.4, -0.2) is 10.8 Å². The molecule has 1 heterocycles. The third kappa shape index (κ3) is 3.42. The molecule has 0 radical (unpaired) electrons. The molecule has 4 heteroatoms. The fraction of sp³-hybridized carbons (Fsp3) is 0.294. The quantitative estimate of drug-likeness (QED) is 0.732. The van der Waals surface area contributed by atoms with E-state index in [2.05, 4.69) is 18.8 Å². The van der Waals surface area contributed by atoms with Crippen LogP contribution >= 0.6 is 11.6 Å². The molecule has 1 aromatic heterocycles. The lowest BCUT2D eigenvalue weighted by atomic mass is 10.0. The number of hydrogen-bond donors (Lipinski definition) is 0. The molecule has 0 aliphatic heterocycles. The van der Waals surface area contributed by atoms with E-state index in [0.717, 1.165) is 16.1 Å². The Morgan fingerprint density at radius 2 is 2.05 bits per heavy atom. The fourth-order valence-corrected chi connectivity index (χ4v) is 2.50. The predicted octanol–water partition coefficient (Wildman–Crippen LogP) is 5.16. The van der Waals surface area contributed by atoms with E-state index >= 15 is 0 Å². The van der Waals surface area contributed by atoms with E-state index in [-0.39, 0.29) is 11.7 Å². The topological polar surface area (TPSA) is 39.2 Å². The molecule has 3 nitrogen and oxygen atoms in total. The van der Waals surface area contributed by atoms with Crippen LogP contribution in [0.15, 0.2) is 30.5 Å². The first kappa shape index (κ1) is 15.5. The minimum absolute atomic E-state index is 0.0752. The number of ketones is 1. The van der Waals surface area contributed by atoms with Crippen molar-refractivity contribution in [3.05, 3.63) is 52.2 Å². The number of carbonyl (C=O) groups excluding carboxylic acids is 1. The number of Topliss-reactive ketones (excluding diaryl/α,β-unsaturated/α-hetero) is 1. The number of hydrogen-bond acceptors (Lipinski definition) is 3. The molecular formula is C17H18ClNO2. The van der Waals surface area contributed by atoms with Crippen LogP contribution in [0.3, 0.4) is 0 Å². The molecule has 0 saturated carbocycles. The molecule has 0 saturated heterocycles. The van der Waals surface area contributed by atoms with E-state index in [1.54, 1.807) is 18.3 Å². The maximum absolute atomic E-state index is 11.6. The summed E-state index contributed by atoms with van der Waals surface area (Å²) in [5.41, 5.74) is 2.39. The standard InChI is InChI=1S/C17H18ClNO2/c1-10(2)14-9-16(11(3)8-15(14)18)21-17-13(12(4)20)6-5-7-19-17/h5-10H,1-4H3. The molecule has 0 unspecified atom stereocenters. The van der Waals surface area contributed by atoms with E-state index in [4.69, 9.17) is 16.3 Å². The Morgan fingerprint density at radius 1 is 1.33 bits per heavy atom. The molecule has 0 spiro atoms. The minimum atomic E-state index is -0.0752. The molecule has 0 fully saturated rings. The average Bonchev–Trinajstić information content (AvgIpc) is 2.41. The van der Waals surface area contributed by atoms with Gasteiger partial charge in [-0.05, 0) is 55.2 Å². The van der Waals surface area contributed by atoms with Gasteiger partial charge >= 0.3 is 0 Å². The van der Waals surface area contributed by atoms with Gasteiger partial charge in [0, 0.05) is 11.2 Å². The normalized spacial score (nSPS) is 10.8. The van der Waals surface area contributed by atoms with Crippen molar-refractivity contribution in [2.75, 3.05) is 0 Å². The van der Waals surface area contributed by atoms with Crippen LogP contribution in [0.2, 0.25) is 5.02 Å². The SMILES string of the molecule is CC(=O)c1cccnc1Oc1cc(C(C)C)c(Cl)cc1C. The molecule has 21 heavy (non-hydrogen) atoms. The zero-order valence-corrected chi connectivity index (χ0v) is 13.4. The van der Waals surface area contributed by atoms with Crippen molar-refractivity contribution in [3.63, 3.8) is 0 Å². The number of ether oxygens (including phenoxy) is 1. The Labute approximate surface area is 129 Å². The van der Waals surface area contributed by atoms with Crippen molar-refractivity contribution >= 4 is 17.4 Å². The van der Waals surface area contributed by atoms with Gasteiger partial charge < -0.3 is 4.74 Å². The third-order valence-corrected chi connectivity index (χ3v) is 3.60. The summed E-state index contributed by atoms with van der Waals surface area (Å²) in [5, 5.41) is 0.725. The van der Waals surface area contributed by atoms with Crippen molar-refractivity contribution in [2.24, 2.45) is 0 Å². The van der Waals surface area contributed by atoms with E-state index in [1.165, 1.54) is 6.92 Å². The first-order chi connectivity index (χ1) is 9.90. The lowest BCUT2D eigenvalue weighted by Crippen LogP contribution is -2.01. The number of carbonyl (C=O) groups is 1. The first-order valence-corrected chi connectivity index (χ1v) is 7.21. The summed E-state index contributed by atoms with van der Waals surface area (Å²) in [6.45, 7) is 7.56. The van der Waals surface area contributed by atoms with Crippen LogP contribution in [0.5, 0.6) is 11.6 Å². The molecule has 1 aromatic carbocycles. The summed E-state index contributed by atoms with van der Waals surface area (Å²) < 4.78 is 5.86. The molecule has 110 valence electrons. The first-order valence-electron chi connectivity index (χ1n) is 6.84. The Balaban J connectivity index is 2.45. The summed E-state index contributed by atoms with van der Waals surface area (Å²) in [6, 6.07) is 7.22. The van der Waals surface area contributed by atoms with Gasteiger partial charge in [0.2, 0.25) is 5.88 Å². The predicted molar refractivity (Wildman–Crippen MR) is 84.6 cm³/mol. The highest BCUT2D eigenvalue weighted by Crippen LogP contribution is 2.34. The van der Waals surface area contributed by atoms with Gasteiger partial charge in [0.15, 0.2) is 5.78 Å². The fourth-order valence-electron chi connectivity index (χ4n) is 2.07. The monoisotopic (exact) mass is 303 g/mol. The van der Waals surface area contributed by atoms with E-state index < -0.39 is 0 Å². The van der Waals surface area contributed by atoms with Gasteiger partial charge in [-0.25, -0.2) is 4.98 Å². The summed E-state index contributed by atoms with van der Waals surface area (Å²) in [6.07, 6.45) is 1.61. The number of aryl methyl sites for hydroxylation is 1. The Kier molecular flexibility index (Phi) is 4.63. The minimum Gasteiger partial charge on any atom is -0.438 e. The molecule has 2 rings (SSSR count). The zero-order chi connectivity index (χ0) is 15.6. The van der Waals surface area contributed by atoms with Gasteiger partial charge in [-0.1, -0.05) is 25.4 Å². The van der Waals surface area contributed by atoms with E-state index in [1.807, 2.05) is 19.1 Å². The summed E-state index contributed by atoms with van der Waals surface area (Å²) >= 11 is 6.26. The molecule has 2 aromatic rings. The Bertz CT molecular complexity index is 680. The van der Waals surface area contributed by atoms with Crippen LogP contribution in [-0.2, 0) is 0 Å². The number of aromatic nitrogens is 1. The van der Waals surface area contributed by atoms with Crippen LogP contribution in [0, 0.1) is 6.92 Å². The highest BCUT2D eigenvalue weighted by Gasteiger charge is 2.14. The highest BCUT2D eigenvalue weighted by molar-refractivity contribution is 6.31. The van der Waals surface area contributed by atoms with Crippen LogP contribution in [0.4, 0.5) is 0 Å². The third-order valence-electron chi connectivity index (χ3n) is 3.27. The molecule has 0 aliphatic carbocycles. The van der Waals surface area contributed by atoms with Gasteiger partial charge in [0.1, 0.15) is 5.75 Å². The number of nitrogens with zero attached hydrogens (tertiary/aromatic N) is 1. The maximum atomic E-state index is 11.6. The molecule has 0 amide bonds. The molecule has 0 atom stereocenters. The lowest BCUT2D eigenvalue weighted by Gasteiger charge is -2.15. The van der Waals surface area contributed by atoms with Gasteiger partial charge in [-0.15, -0.1) is 0 Å². The smallest absolute Gasteiger partial charge is 0.230 e. The molecule has 0 N–H and O–H groups in total. The summed E-state index contributed by atoms with van der Waals surface area (Å²) in [4.78, 5) is 15.8. The summed E-state index contributed by atoms with van der Waals surface area (Å²) in [7, 11) is 0. The van der Waals surface area contributed by atoms with Crippen LogP contribution in [0.25, 0.3) is 0 Å². The van der Waals surface area contributed by atoms with Gasteiger partial charge in [-0.3, -0.25) is 4.79 Å².